The van der Waals surface area contributed by atoms with Gasteiger partial charge in [-0.3, -0.25) is 19.4 Å². The molecule has 0 bridgehead atoms. The molecule has 9 nitrogen and oxygen atoms in total. The predicted molar refractivity (Wildman–Crippen MR) is 194 cm³/mol. The lowest BCUT2D eigenvalue weighted by Gasteiger charge is -2.67. The number of aliphatic carboxylic acids is 1. The quantitative estimate of drug-likeness (QED) is 0.187. The minimum Gasteiger partial charge on any atom is -0.496 e. The first-order valence-electron chi connectivity index (χ1n) is 18.0. The summed E-state index contributed by atoms with van der Waals surface area (Å²) in [6.07, 6.45) is 1.29. The summed E-state index contributed by atoms with van der Waals surface area (Å²) in [4.78, 5) is 27.0. The van der Waals surface area contributed by atoms with Crippen LogP contribution in [0.1, 0.15) is 65.0 Å². The number of hydrogen-bond donors (Lipinski definition) is 2. The topological polar surface area (TPSA) is 94.6 Å². The number of hydrogen-bond acceptors (Lipinski definition) is 7. The lowest BCUT2D eigenvalue weighted by atomic mass is 9.61. The van der Waals surface area contributed by atoms with Crippen LogP contribution >= 0.6 is 0 Å². The van der Waals surface area contributed by atoms with Crippen molar-refractivity contribution in [3.8, 4) is 16.9 Å². The number of piperidine rings is 1. The molecule has 282 valence electrons. The number of rotatable bonds is 9. The maximum absolute atomic E-state index is 14.4. The van der Waals surface area contributed by atoms with E-state index in [0.717, 1.165) is 64.8 Å². The van der Waals surface area contributed by atoms with Gasteiger partial charge in [0, 0.05) is 38.5 Å². The molecule has 12 heteroatoms. The Kier molecular flexibility index (Phi) is 10.2. The molecule has 4 fully saturated rings. The number of halogens is 3. The van der Waals surface area contributed by atoms with Crippen LogP contribution in [0.4, 0.5) is 13.2 Å². The molecule has 52 heavy (non-hydrogen) atoms. The number of nitrogens with one attached hydrogen (secondary N) is 1. The zero-order valence-electron chi connectivity index (χ0n) is 31.0. The standard InChI is InChI=1S/C29H35NO4.C11H16F3N3O/c1-28(2)18-30(19-29(3,4)34-28)17-20-12-14-25(26(16-20)33-5)24-11-7-9-22-21(13-15-27(31)32)8-6-10-23(22)24;1-9(12,13)7-16-4-2-10(3-5-16)8(18)17-11(10,14)6-15-17/h6-12,14,16H,13,15,17-19H2,1-5H3,(H,31,32);15H,2-7H2,1H3. The van der Waals surface area contributed by atoms with Crippen LogP contribution < -0.4 is 10.2 Å². The first-order chi connectivity index (χ1) is 24.4. The zero-order chi connectivity index (χ0) is 37.7. The number of carboxylic acid groups (broad SMARTS) is 1. The predicted octanol–water partition coefficient (Wildman–Crippen LogP) is 6.67. The van der Waals surface area contributed by atoms with E-state index in [1.807, 2.05) is 18.2 Å². The SMILES string of the molecule is CC(F)(F)CN1CCC2(CC1)C(=O)N1NCC12F.COc1cc(CN2CC(C)(C)OC(C)(C)C2)ccc1-c1cccc2c(CCC(=O)O)cccc12. The Balaban J connectivity index is 0.000000215. The lowest BCUT2D eigenvalue weighted by Crippen LogP contribution is -2.90. The highest BCUT2D eigenvalue weighted by Crippen LogP contribution is 2.58. The Labute approximate surface area is 304 Å². The molecule has 1 amide bonds. The first kappa shape index (κ1) is 38.0. The molecule has 4 aliphatic rings. The summed E-state index contributed by atoms with van der Waals surface area (Å²) < 4.78 is 52.3. The summed E-state index contributed by atoms with van der Waals surface area (Å²) in [6, 6.07) is 18.8. The molecule has 1 unspecified atom stereocenters. The van der Waals surface area contributed by atoms with Gasteiger partial charge in [0.05, 0.1) is 31.4 Å². The number of aryl methyl sites for hydroxylation is 1. The number of hydrazine groups is 1. The number of carbonyl (C=O) groups excluding carboxylic acids is 1. The van der Waals surface area contributed by atoms with E-state index in [9.17, 15) is 22.8 Å². The van der Waals surface area contributed by atoms with Gasteiger partial charge < -0.3 is 14.6 Å². The van der Waals surface area contributed by atoms with Crippen LogP contribution in [0.25, 0.3) is 21.9 Å². The van der Waals surface area contributed by atoms with Crippen molar-refractivity contribution in [2.24, 2.45) is 5.41 Å². The number of nitrogens with zero attached hydrogens (tertiary/aromatic N) is 3. The van der Waals surface area contributed by atoms with Gasteiger partial charge in [-0.1, -0.05) is 48.5 Å². The number of morpholine rings is 1. The summed E-state index contributed by atoms with van der Waals surface area (Å²) in [7, 11) is 1.72. The molecule has 1 spiro atoms. The number of ether oxygens (including phenoxy) is 2. The highest BCUT2D eigenvalue weighted by atomic mass is 19.3. The van der Waals surface area contributed by atoms with Crippen molar-refractivity contribution in [3.05, 3.63) is 65.7 Å². The third kappa shape index (κ3) is 7.53. The molecule has 4 saturated heterocycles. The molecule has 2 N–H and O–H groups in total. The normalized spacial score (nSPS) is 23.6. The van der Waals surface area contributed by atoms with Gasteiger partial charge in [-0.2, -0.15) is 0 Å². The van der Waals surface area contributed by atoms with Gasteiger partial charge in [0.2, 0.25) is 5.79 Å². The number of alkyl halides is 3. The van der Waals surface area contributed by atoms with Crippen LogP contribution in [0.2, 0.25) is 0 Å². The highest BCUT2D eigenvalue weighted by molar-refractivity contribution is 5.99. The van der Waals surface area contributed by atoms with Crippen molar-refractivity contribution in [1.82, 2.24) is 20.2 Å². The van der Waals surface area contributed by atoms with E-state index in [1.165, 1.54) is 5.56 Å². The number of amides is 1. The van der Waals surface area contributed by atoms with Gasteiger partial charge in [-0.25, -0.2) is 23.6 Å². The molecule has 0 aliphatic carbocycles. The number of benzene rings is 3. The first-order valence-corrected chi connectivity index (χ1v) is 18.0. The van der Waals surface area contributed by atoms with E-state index in [4.69, 9.17) is 14.6 Å². The van der Waals surface area contributed by atoms with Crippen molar-refractivity contribution in [1.29, 1.82) is 0 Å². The Morgan fingerprint density at radius 1 is 0.962 bits per heavy atom. The van der Waals surface area contributed by atoms with E-state index >= 15 is 0 Å². The number of likely N-dealkylation sites (tertiary alicyclic amines) is 1. The summed E-state index contributed by atoms with van der Waals surface area (Å²) in [5, 5.41) is 12.4. The third-order valence-corrected chi connectivity index (χ3v) is 10.7. The molecule has 0 saturated carbocycles. The van der Waals surface area contributed by atoms with Crippen molar-refractivity contribution in [2.75, 3.05) is 46.4 Å². The number of fused-ring (bicyclic) bond motifs is 3. The van der Waals surface area contributed by atoms with E-state index in [-0.39, 0.29) is 36.6 Å². The minimum absolute atomic E-state index is 0.122. The average molecular weight is 725 g/mol. The summed E-state index contributed by atoms with van der Waals surface area (Å²) in [5.41, 5.74) is 5.68. The van der Waals surface area contributed by atoms with Crippen LogP contribution in [0, 0.1) is 5.41 Å². The molecule has 4 aliphatic heterocycles. The Hall–Kier alpha value is -3.71. The van der Waals surface area contributed by atoms with E-state index < -0.39 is 23.1 Å². The highest BCUT2D eigenvalue weighted by Gasteiger charge is 2.77. The van der Waals surface area contributed by atoms with Crippen molar-refractivity contribution in [3.63, 3.8) is 0 Å². The fourth-order valence-corrected chi connectivity index (χ4v) is 8.76. The van der Waals surface area contributed by atoms with E-state index in [2.05, 4.69) is 74.4 Å². The minimum atomic E-state index is -2.74. The molecule has 0 aromatic heterocycles. The van der Waals surface area contributed by atoms with Gasteiger partial charge in [0.25, 0.3) is 11.8 Å². The fourth-order valence-electron chi connectivity index (χ4n) is 8.76. The number of carboxylic acids is 1. The molecule has 0 radical (unpaired) electrons. The lowest BCUT2D eigenvalue weighted by molar-refractivity contribution is -0.297. The third-order valence-electron chi connectivity index (χ3n) is 10.7. The Morgan fingerprint density at radius 3 is 2.19 bits per heavy atom. The second kappa shape index (κ2) is 13.9. The van der Waals surface area contributed by atoms with Crippen molar-refractivity contribution >= 4 is 22.6 Å². The average Bonchev–Trinajstić information content (AvgIpc) is 3.04. The summed E-state index contributed by atoms with van der Waals surface area (Å²) in [6.45, 7) is 12.6. The Bertz CT molecular complexity index is 1800. The number of methoxy groups -OCH3 is 1. The maximum Gasteiger partial charge on any atom is 0.303 e. The Morgan fingerprint density at radius 2 is 1.62 bits per heavy atom. The molecule has 4 heterocycles. The van der Waals surface area contributed by atoms with Crippen molar-refractivity contribution < 1.29 is 37.3 Å². The van der Waals surface area contributed by atoms with Gasteiger partial charge in [-0.15, -0.1) is 0 Å². The molecular formula is C40H51F3N4O5. The second-order valence-corrected chi connectivity index (χ2v) is 16.2. The number of carbonyl (C=O) groups is 2. The van der Waals surface area contributed by atoms with Crippen molar-refractivity contribution in [2.45, 2.75) is 89.8 Å². The van der Waals surface area contributed by atoms with Crippen LogP contribution in [0.5, 0.6) is 5.75 Å². The molecule has 1 atom stereocenters. The number of β-lactam (4-membered cyclic amide) rings is 1. The smallest absolute Gasteiger partial charge is 0.303 e. The van der Waals surface area contributed by atoms with Crippen LogP contribution in [-0.4, -0.2) is 101 Å². The van der Waals surface area contributed by atoms with E-state index in [0.29, 0.717) is 32.4 Å². The fraction of sp³-hybridized carbons (Fsp3) is 0.550. The summed E-state index contributed by atoms with van der Waals surface area (Å²) in [5.74, 6) is -4.49. The zero-order valence-corrected chi connectivity index (χ0v) is 31.0. The maximum atomic E-state index is 14.4. The van der Waals surface area contributed by atoms with Gasteiger partial charge in [0.15, 0.2) is 0 Å². The van der Waals surface area contributed by atoms with Gasteiger partial charge >= 0.3 is 5.97 Å². The second-order valence-electron chi connectivity index (χ2n) is 16.2. The molecule has 7 rings (SSSR count). The van der Waals surface area contributed by atoms with Crippen LogP contribution in [0.15, 0.2) is 54.6 Å². The van der Waals surface area contributed by atoms with E-state index in [1.54, 1.807) is 12.0 Å². The monoisotopic (exact) mass is 724 g/mol. The van der Waals surface area contributed by atoms with Crippen LogP contribution in [0.3, 0.4) is 0 Å². The largest absolute Gasteiger partial charge is 0.496 e. The van der Waals surface area contributed by atoms with Crippen LogP contribution in [-0.2, 0) is 27.3 Å². The summed E-state index contributed by atoms with van der Waals surface area (Å²) >= 11 is 0. The molecule has 3 aromatic rings. The molecular weight excluding hydrogens is 673 g/mol. The van der Waals surface area contributed by atoms with Gasteiger partial charge in [0.1, 0.15) is 11.2 Å². The molecule has 3 aromatic carbocycles. The van der Waals surface area contributed by atoms with Gasteiger partial charge in [-0.05, 0) is 93.6 Å².